The Morgan fingerprint density at radius 2 is 2.00 bits per heavy atom. The van der Waals surface area contributed by atoms with Crippen molar-refractivity contribution in [3.05, 3.63) is 39.4 Å². The summed E-state index contributed by atoms with van der Waals surface area (Å²) < 4.78 is 15.5. The normalized spacial score (nSPS) is 30.8. The van der Waals surface area contributed by atoms with Gasteiger partial charge in [0.2, 0.25) is 0 Å². The van der Waals surface area contributed by atoms with Crippen LogP contribution < -0.4 is 11.3 Å². The van der Waals surface area contributed by atoms with Crippen molar-refractivity contribution in [3.63, 3.8) is 0 Å². The van der Waals surface area contributed by atoms with Crippen LogP contribution in [0.15, 0.2) is 16.9 Å². The van der Waals surface area contributed by atoms with E-state index in [0.29, 0.717) is 30.2 Å². The molecule has 116 valence electrons. The second-order valence-corrected chi connectivity index (χ2v) is 7.30. The summed E-state index contributed by atoms with van der Waals surface area (Å²) in [6, 6.07) is 3.65. The smallest absolute Gasteiger partial charge is 0.261 e. The van der Waals surface area contributed by atoms with Crippen LogP contribution in [-0.2, 0) is 12.5 Å². The summed E-state index contributed by atoms with van der Waals surface area (Å²) in [5, 5.41) is 0.597. The number of hydrogen-bond donors (Lipinski definition) is 1. The number of halogens is 1. The van der Waals surface area contributed by atoms with E-state index >= 15 is 0 Å². The maximum atomic E-state index is 13.9. The van der Waals surface area contributed by atoms with Crippen molar-refractivity contribution in [2.75, 3.05) is 0 Å². The van der Waals surface area contributed by atoms with Gasteiger partial charge in [0.05, 0.1) is 10.9 Å². The quantitative estimate of drug-likeness (QED) is 0.926. The van der Waals surface area contributed by atoms with Crippen LogP contribution in [0.25, 0.3) is 10.9 Å². The molecule has 4 nitrogen and oxygen atoms in total. The van der Waals surface area contributed by atoms with Crippen molar-refractivity contribution in [3.8, 4) is 0 Å². The second-order valence-electron chi connectivity index (χ2n) is 7.30. The Balaban J connectivity index is 2.01. The van der Waals surface area contributed by atoms with E-state index < -0.39 is 5.67 Å². The van der Waals surface area contributed by atoms with Gasteiger partial charge in [-0.1, -0.05) is 6.07 Å². The third-order valence-corrected chi connectivity index (χ3v) is 5.28. The van der Waals surface area contributed by atoms with Gasteiger partial charge in [0.25, 0.3) is 5.56 Å². The topological polar surface area (TPSA) is 60.9 Å². The Bertz CT molecular complexity index is 849. The van der Waals surface area contributed by atoms with Gasteiger partial charge in [-0.2, -0.15) is 0 Å². The molecule has 0 aliphatic heterocycles. The van der Waals surface area contributed by atoms with Crippen LogP contribution in [0.5, 0.6) is 0 Å². The van der Waals surface area contributed by atoms with Gasteiger partial charge in [0.1, 0.15) is 11.5 Å². The first kappa shape index (κ1) is 13.9. The number of aryl methyl sites for hydroxylation is 1. The molecule has 1 aromatic carbocycles. The van der Waals surface area contributed by atoms with Gasteiger partial charge in [-0.05, 0) is 50.3 Å². The highest BCUT2D eigenvalue weighted by Gasteiger charge is 2.71. The van der Waals surface area contributed by atoms with E-state index in [1.54, 1.807) is 11.6 Å². The summed E-state index contributed by atoms with van der Waals surface area (Å²) in [5.41, 5.74) is 7.31. The summed E-state index contributed by atoms with van der Waals surface area (Å²) in [6.07, 6.45) is 1.47. The molecule has 1 aromatic heterocycles. The molecule has 2 N–H and O–H groups in total. The van der Waals surface area contributed by atoms with Crippen molar-refractivity contribution < 1.29 is 4.39 Å². The number of hydrogen-bond acceptors (Lipinski definition) is 3. The zero-order valence-electron chi connectivity index (χ0n) is 13.1. The highest BCUT2D eigenvalue weighted by molar-refractivity contribution is 5.82. The van der Waals surface area contributed by atoms with E-state index in [1.165, 1.54) is 0 Å². The Morgan fingerprint density at radius 3 is 2.55 bits per heavy atom. The molecule has 0 amide bonds. The van der Waals surface area contributed by atoms with Crippen LogP contribution >= 0.6 is 0 Å². The predicted octanol–water partition coefficient (Wildman–Crippen LogP) is 2.41. The van der Waals surface area contributed by atoms with Crippen molar-refractivity contribution in [1.82, 2.24) is 9.55 Å². The van der Waals surface area contributed by atoms with E-state index in [1.807, 2.05) is 26.0 Å². The largest absolute Gasteiger partial charge is 0.324 e. The fourth-order valence-corrected chi connectivity index (χ4v) is 4.28. The summed E-state index contributed by atoms with van der Waals surface area (Å²) in [6.45, 7) is 3.84. The number of benzene rings is 1. The van der Waals surface area contributed by atoms with E-state index in [-0.39, 0.29) is 17.0 Å². The van der Waals surface area contributed by atoms with Crippen LogP contribution in [0.1, 0.15) is 49.2 Å². The average molecular weight is 301 g/mol. The molecular formula is C17H20FN3O. The maximum Gasteiger partial charge on any atom is 0.261 e. The number of fused-ring (bicyclic) bond motifs is 1. The highest BCUT2D eigenvalue weighted by Crippen LogP contribution is 2.69. The Labute approximate surface area is 128 Å². The lowest BCUT2D eigenvalue weighted by Crippen LogP contribution is -2.68. The van der Waals surface area contributed by atoms with E-state index in [9.17, 15) is 9.18 Å². The van der Waals surface area contributed by atoms with Gasteiger partial charge in [-0.15, -0.1) is 0 Å². The molecule has 0 radical (unpaired) electrons. The molecule has 5 rings (SSSR count). The highest BCUT2D eigenvalue weighted by atomic mass is 19.1. The molecule has 3 aliphatic carbocycles. The predicted molar refractivity (Wildman–Crippen MR) is 83.7 cm³/mol. The van der Waals surface area contributed by atoms with Crippen LogP contribution in [0.4, 0.5) is 4.39 Å². The maximum absolute atomic E-state index is 13.9. The zero-order valence-corrected chi connectivity index (χ0v) is 13.1. The average Bonchev–Trinajstić information content (AvgIpc) is 2.38. The fourth-order valence-electron chi connectivity index (χ4n) is 4.28. The fraction of sp³-hybridized carbons (Fsp3) is 0.529. The van der Waals surface area contributed by atoms with Gasteiger partial charge in [-0.3, -0.25) is 9.36 Å². The molecule has 1 atom stereocenters. The number of aromatic nitrogens is 2. The lowest BCUT2D eigenvalue weighted by atomic mass is 9.42. The van der Waals surface area contributed by atoms with E-state index in [4.69, 9.17) is 10.7 Å². The van der Waals surface area contributed by atoms with Gasteiger partial charge in [0.15, 0.2) is 0 Å². The molecule has 3 fully saturated rings. The van der Waals surface area contributed by atoms with Gasteiger partial charge >= 0.3 is 0 Å². The number of nitrogens with zero attached hydrogens (tertiary/aromatic N) is 2. The van der Waals surface area contributed by atoms with Crippen molar-refractivity contribution in [2.24, 2.45) is 12.8 Å². The molecule has 2 aromatic rings. The first-order valence-corrected chi connectivity index (χ1v) is 7.71. The minimum atomic E-state index is -1.01. The van der Waals surface area contributed by atoms with E-state index in [0.717, 1.165) is 17.0 Å². The minimum absolute atomic E-state index is 0.0665. The summed E-state index contributed by atoms with van der Waals surface area (Å²) in [5.74, 6) is 0.718. The first-order chi connectivity index (χ1) is 10.2. The summed E-state index contributed by atoms with van der Waals surface area (Å²) >= 11 is 0. The minimum Gasteiger partial charge on any atom is -0.324 e. The molecular weight excluding hydrogens is 281 g/mol. The Morgan fingerprint density at radius 1 is 1.36 bits per heavy atom. The standard InChI is InChI=1S/C17H20FN3O/c1-9-4-11(10(2)19)13-12(5-9)14(22)21(3)15(20-13)16-6-17(18,7-16)8-16/h4-5,10H,6-8,19H2,1-3H3/t10-,16?,17?/m1/s1. The molecule has 1 heterocycles. The van der Waals surface area contributed by atoms with Crippen LogP contribution in [0.2, 0.25) is 0 Å². The second kappa shape index (κ2) is 3.96. The number of nitrogens with two attached hydrogens (primary N) is 1. The molecule has 22 heavy (non-hydrogen) atoms. The Kier molecular flexibility index (Phi) is 2.50. The van der Waals surface area contributed by atoms with Crippen molar-refractivity contribution in [1.29, 1.82) is 0 Å². The van der Waals surface area contributed by atoms with Gasteiger partial charge in [-0.25, -0.2) is 9.37 Å². The lowest BCUT2D eigenvalue weighted by Gasteiger charge is -2.65. The molecule has 5 heteroatoms. The molecule has 0 unspecified atom stereocenters. The Hall–Kier alpha value is -1.75. The van der Waals surface area contributed by atoms with Gasteiger partial charge in [0, 0.05) is 18.5 Å². The molecule has 2 bridgehead atoms. The van der Waals surface area contributed by atoms with Crippen molar-refractivity contribution in [2.45, 2.75) is 50.2 Å². The molecule has 3 saturated carbocycles. The first-order valence-electron chi connectivity index (χ1n) is 7.71. The third-order valence-electron chi connectivity index (χ3n) is 5.28. The van der Waals surface area contributed by atoms with Gasteiger partial charge < -0.3 is 5.73 Å². The number of rotatable bonds is 2. The summed E-state index contributed by atoms with van der Waals surface area (Å²) in [4.78, 5) is 17.5. The van der Waals surface area contributed by atoms with Crippen LogP contribution in [-0.4, -0.2) is 15.2 Å². The van der Waals surface area contributed by atoms with Crippen LogP contribution in [0, 0.1) is 6.92 Å². The van der Waals surface area contributed by atoms with Crippen LogP contribution in [0.3, 0.4) is 0 Å². The third kappa shape index (κ3) is 1.60. The molecule has 0 saturated heterocycles. The SMILES string of the molecule is Cc1cc([C@@H](C)N)c2nc(C34CC(F)(C3)C4)n(C)c(=O)c2c1. The summed E-state index contributed by atoms with van der Waals surface area (Å²) in [7, 11) is 1.74. The molecule has 0 spiro atoms. The monoisotopic (exact) mass is 301 g/mol. The van der Waals surface area contributed by atoms with Crippen molar-refractivity contribution >= 4 is 10.9 Å². The number of alkyl halides is 1. The zero-order chi connectivity index (χ0) is 15.9. The lowest BCUT2D eigenvalue weighted by molar-refractivity contribution is -0.163. The molecule has 3 aliphatic rings. The van der Waals surface area contributed by atoms with E-state index in [2.05, 4.69) is 0 Å².